The third kappa shape index (κ3) is 11.3. The molecule has 1 unspecified atom stereocenters. The molecule has 3 radical (unpaired) electrons. The van der Waals surface area contributed by atoms with Crippen LogP contribution in [-0.4, -0.2) is 19.7 Å². The standard InChI is InChI=1S/C8H19P.B/c1-5-6-7-9-8(2,3)4;/h9H,5-7H2,1-4H3;. The Kier molecular flexibility index (Phi) is 8.16. The summed E-state index contributed by atoms with van der Waals surface area (Å²) in [5.74, 6) is 0. The zero-order chi connectivity index (χ0) is 7.33. The van der Waals surface area contributed by atoms with E-state index in [0.29, 0.717) is 5.16 Å². The van der Waals surface area contributed by atoms with Crippen molar-refractivity contribution in [2.75, 3.05) is 6.16 Å². The summed E-state index contributed by atoms with van der Waals surface area (Å²) in [5.41, 5.74) is 0. The normalized spacial score (nSPS) is 12.0. The molecule has 0 N–H and O–H groups in total. The highest BCUT2D eigenvalue weighted by Crippen LogP contribution is 2.30. The first-order valence-electron chi connectivity index (χ1n) is 3.81. The lowest BCUT2D eigenvalue weighted by Crippen LogP contribution is -2.05. The highest BCUT2D eigenvalue weighted by molar-refractivity contribution is 7.39. The van der Waals surface area contributed by atoms with Crippen LogP contribution >= 0.6 is 8.58 Å². The molecule has 1 atom stereocenters. The maximum absolute atomic E-state index is 2.32. The lowest BCUT2D eigenvalue weighted by molar-refractivity contribution is 0.783. The molecule has 0 aromatic heterocycles. The van der Waals surface area contributed by atoms with Crippen molar-refractivity contribution in [1.29, 1.82) is 0 Å². The van der Waals surface area contributed by atoms with E-state index in [4.69, 9.17) is 0 Å². The first-order valence-corrected chi connectivity index (χ1v) is 5.02. The molecule has 59 valence electrons. The molecule has 0 aliphatic rings. The topological polar surface area (TPSA) is 0 Å². The van der Waals surface area contributed by atoms with Crippen LogP contribution in [-0.2, 0) is 0 Å². The Bertz CT molecular complexity index is 66.1. The van der Waals surface area contributed by atoms with Crippen LogP contribution in [0.1, 0.15) is 40.5 Å². The van der Waals surface area contributed by atoms with Crippen LogP contribution in [0, 0.1) is 0 Å². The van der Waals surface area contributed by atoms with Crippen molar-refractivity contribution in [2.45, 2.75) is 45.7 Å². The second kappa shape index (κ2) is 6.22. The Morgan fingerprint density at radius 2 is 1.70 bits per heavy atom. The van der Waals surface area contributed by atoms with Gasteiger partial charge < -0.3 is 0 Å². The molecule has 0 aromatic rings. The number of hydrogen-bond donors (Lipinski definition) is 0. The quantitative estimate of drug-likeness (QED) is 0.335. The Labute approximate surface area is 69.5 Å². The average Bonchev–Trinajstić information content (AvgIpc) is 1.63. The summed E-state index contributed by atoms with van der Waals surface area (Å²) in [5, 5.41) is 0.579. The molecular weight excluding hydrogens is 138 g/mol. The van der Waals surface area contributed by atoms with E-state index in [9.17, 15) is 0 Å². The highest BCUT2D eigenvalue weighted by atomic mass is 31.1. The molecule has 0 bridgehead atoms. The minimum atomic E-state index is 0. The number of unbranched alkanes of at least 4 members (excludes halogenated alkanes) is 1. The van der Waals surface area contributed by atoms with Gasteiger partial charge in [0.15, 0.2) is 0 Å². The van der Waals surface area contributed by atoms with E-state index in [-0.39, 0.29) is 8.41 Å². The fourth-order valence-corrected chi connectivity index (χ4v) is 1.92. The third-order valence-electron chi connectivity index (χ3n) is 1.19. The molecule has 0 nitrogen and oxygen atoms in total. The van der Waals surface area contributed by atoms with Gasteiger partial charge in [-0.25, -0.2) is 0 Å². The summed E-state index contributed by atoms with van der Waals surface area (Å²) in [6.07, 6.45) is 4.19. The van der Waals surface area contributed by atoms with Crippen molar-refractivity contribution in [3.05, 3.63) is 0 Å². The van der Waals surface area contributed by atoms with Crippen molar-refractivity contribution in [1.82, 2.24) is 0 Å². The predicted octanol–water partition coefficient (Wildman–Crippen LogP) is 2.88. The van der Waals surface area contributed by atoms with Crippen molar-refractivity contribution in [3.63, 3.8) is 0 Å². The molecule has 0 amide bonds. The smallest absolute Gasteiger partial charge is 0 e. The van der Waals surface area contributed by atoms with Gasteiger partial charge in [-0.15, -0.1) is 8.58 Å². The fraction of sp³-hybridized carbons (Fsp3) is 1.00. The first-order chi connectivity index (χ1) is 4.06. The van der Waals surface area contributed by atoms with Crippen molar-refractivity contribution in [2.24, 2.45) is 0 Å². The predicted molar refractivity (Wildman–Crippen MR) is 53.6 cm³/mol. The van der Waals surface area contributed by atoms with Crippen LogP contribution in [0.25, 0.3) is 0 Å². The van der Waals surface area contributed by atoms with Gasteiger partial charge in [0.05, 0.1) is 0 Å². The van der Waals surface area contributed by atoms with Crippen LogP contribution in [0.4, 0.5) is 0 Å². The molecule has 0 rings (SSSR count). The van der Waals surface area contributed by atoms with E-state index in [0.717, 1.165) is 8.58 Å². The number of rotatable bonds is 3. The Hall–Kier alpha value is 0.495. The minimum absolute atomic E-state index is 0. The summed E-state index contributed by atoms with van der Waals surface area (Å²) in [4.78, 5) is 0. The van der Waals surface area contributed by atoms with Crippen molar-refractivity contribution < 1.29 is 0 Å². The lowest BCUT2D eigenvalue weighted by atomic mass is 10.3. The van der Waals surface area contributed by atoms with Crippen LogP contribution in [0.2, 0.25) is 0 Å². The van der Waals surface area contributed by atoms with E-state index >= 15 is 0 Å². The second-order valence-corrected chi connectivity index (χ2v) is 5.88. The molecule has 0 aliphatic heterocycles. The molecule has 0 aliphatic carbocycles. The minimum Gasteiger partial charge on any atom is -0.117 e. The van der Waals surface area contributed by atoms with Gasteiger partial charge in [0.25, 0.3) is 0 Å². The van der Waals surface area contributed by atoms with Crippen LogP contribution < -0.4 is 0 Å². The molecule has 10 heavy (non-hydrogen) atoms. The van der Waals surface area contributed by atoms with Gasteiger partial charge in [0.1, 0.15) is 0 Å². The van der Waals surface area contributed by atoms with Gasteiger partial charge in [-0.3, -0.25) is 0 Å². The number of hydrogen-bond acceptors (Lipinski definition) is 0. The largest absolute Gasteiger partial charge is 0.117 e. The van der Waals surface area contributed by atoms with Gasteiger partial charge in [-0.05, 0) is 17.7 Å². The molecule has 0 spiro atoms. The molecule has 0 saturated carbocycles. The Morgan fingerprint density at radius 1 is 1.20 bits per heavy atom. The van der Waals surface area contributed by atoms with E-state index in [1.54, 1.807) is 0 Å². The van der Waals surface area contributed by atoms with Crippen molar-refractivity contribution in [3.8, 4) is 0 Å². The van der Waals surface area contributed by atoms with Gasteiger partial charge in [-0.1, -0.05) is 34.1 Å². The summed E-state index contributed by atoms with van der Waals surface area (Å²) in [7, 11) is 1.15. The van der Waals surface area contributed by atoms with Crippen LogP contribution in [0.3, 0.4) is 0 Å². The maximum Gasteiger partial charge on any atom is 0 e. The maximum atomic E-state index is 2.32. The van der Waals surface area contributed by atoms with Crippen LogP contribution in [0.5, 0.6) is 0 Å². The van der Waals surface area contributed by atoms with Gasteiger partial charge >= 0.3 is 0 Å². The van der Waals surface area contributed by atoms with Gasteiger partial charge in [0, 0.05) is 8.41 Å². The zero-order valence-electron chi connectivity index (χ0n) is 7.70. The summed E-state index contributed by atoms with van der Waals surface area (Å²) in [6.45, 7) is 9.22. The molecule has 0 fully saturated rings. The SMILES string of the molecule is CCCCPC(C)(C)C.[B]. The van der Waals surface area contributed by atoms with Crippen LogP contribution in [0.15, 0.2) is 0 Å². The summed E-state index contributed by atoms with van der Waals surface area (Å²) >= 11 is 0. The molecule has 0 heterocycles. The van der Waals surface area contributed by atoms with Crippen molar-refractivity contribution >= 4 is 17.0 Å². The summed E-state index contributed by atoms with van der Waals surface area (Å²) < 4.78 is 0. The zero-order valence-corrected chi connectivity index (χ0v) is 8.70. The molecule has 0 saturated heterocycles. The van der Waals surface area contributed by atoms with Gasteiger partial charge in [0.2, 0.25) is 0 Å². The summed E-state index contributed by atoms with van der Waals surface area (Å²) in [6, 6.07) is 0. The monoisotopic (exact) mass is 157 g/mol. The fourth-order valence-electron chi connectivity index (χ4n) is 0.640. The Morgan fingerprint density at radius 3 is 2.00 bits per heavy atom. The highest BCUT2D eigenvalue weighted by Gasteiger charge is 2.07. The van der Waals surface area contributed by atoms with Gasteiger partial charge in [-0.2, -0.15) is 0 Å². The molecule has 0 aromatic carbocycles. The van der Waals surface area contributed by atoms with E-state index in [1.165, 1.54) is 19.0 Å². The van der Waals surface area contributed by atoms with E-state index in [2.05, 4.69) is 27.7 Å². The second-order valence-electron chi connectivity index (χ2n) is 3.53. The van der Waals surface area contributed by atoms with E-state index < -0.39 is 0 Å². The third-order valence-corrected chi connectivity index (χ3v) is 2.85. The Balaban J connectivity index is 0. The molecule has 2 heteroatoms. The lowest BCUT2D eigenvalue weighted by Gasteiger charge is -2.17. The molecular formula is C8H19BP. The first kappa shape index (κ1) is 13.1. The average molecular weight is 157 g/mol. The van der Waals surface area contributed by atoms with E-state index in [1.807, 2.05) is 0 Å².